The normalized spacial score (nSPS) is 21.7. The minimum absolute atomic E-state index is 0. The van der Waals surface area contributed by atoms with Crippen LogP contribution in [0.4, 0.5) is 0 Å². The van der Waals surface area contributed by atoms with Gasteiger partial charge < -0.3 is 10.0 Å². The molecular weight excluding hydrogens is 390 g/mol. The lowest BCUT2D eigenvalue weighted by atomic mass is 9.85. The summed E-state index contributed by atoms with van der Waals surface area (Å²) in [5, 5.41) is 9.31. The second-order valence-corrected chi connectivity index (χ2v) is 8.72. The maximum atomic E-state index is 11.3. The van der Waals surface area contributed by atoms with E-state index in [9.17, 15) is 9.90 Å². The third kappa shape index (κ3) is 4.73. The van der Waals surface area contributed by atoms with Gasteiger partial charge in [-0.25, -0.2) is 0 Å². The van der Waals surface area contributed by atoms with Crippen molar-refractivity contribution >= 4 is 30.1 Å². The van der Waals surface area contributed by atoms with Gasteiger partial charge >= 0.3 is 5.97 Å². The van der Waals surface area contributed by atoms with Crippen molar-refractivity contribution in [2.24, 2.45) is 5.92 Å². The Bertz CT molecular complexity index is 765. The largest absolute Gasteiger partial charge is 0.481 e. The molecule has 5 heteroatoms. The van der Waals surface area contributed by atoms with Crippen LogP contribution < -0.4 is 0 Å². The standard InChI is InChI=1S/C23H27NO2S.ClH/c25-23(26)17-8-5-13-24(15-17)14-6-11-20-19-9-2-1-7-18(19)16-27-22-12-4-3-10-21(20)22;/h1-4,7,9-10,12,17,20H,5-6,8,11,13-16H2,(H,25,26);1H/t17-,20?;/m1./s1. The van der Waals surface area contributed by atoms with Crippen molar-refractivity contribution < 1.29 is 9.90 Å². The van der Waals surface area contributed by atoms with Crippen LogP contribution in [-0.2, 0) is 10.5 Å². The Morgan fingerprint density at radius 2 is 1.86 bits per heavy atom. The van der Waals surface area contributed by atoms with Crippen molar-refractivity contribution in [3.63, 3.8) is 0 Å². The molecule has 1 saturated heterocycles. The molecular formula is C23H28ClNO2S. The molecule has 4 rings (SSSR count). The molecule has 0 aliphatic carbocycles. The van der Waals surface area contributed by atoms with E-state index >= 15 is 0 Å². The fourth-order valence-corrected chi connectivity index (χ4v) is 5.64. The molecule has 150 valence electrons. The summed E-state index contributed by atoms with van der Waals surface area (Å²) in [4.78, 5) is 15.1. The number of carboxylic acid groups (broad SMARTS) is 1. The van der Waals surface area contributed by atoms with Crippen LogP contribution >= 0.6 is 24.2 Å². The molecule has 0 radical (unpaired) electrons. The topological polar surface area (TPSA) is 40.5 Å². The lowest BCUT2D eigenvalue weighted by Gasteiger charge is -2.31. The van der Waals surface area contributed by atoms with Crippen molar-refractivity contribution in [2.45, 2.75) is 42.2 Å². The van der Waals surface area contributed by atoms with E-state index in [-0.39, 0.29) is 18.3 Å². The van der Waals surface area contributed by atoms with Crippen LogP contribution in [0.1, 0.15) is 48.3 Å². The number of nitrogens with zero attached hydrogens (tertiary/aromatic N) is 1. The van der Waals surface area contributed by atoms with Gasteiger partial charge in [0.1, 0.15) is 0 Å². The zero-order valence-electron chi connectivity index (χ0n) is 16.0. The van der Waals surface area contributed by atoms with Crippen molar-refractivity contribution in [2.75, 3.05) is 19.6 Å². The zero-order valence-corrected chi connectivity index (χ0v) is 17.7. The van der Waals surface area contributed by atoms with Gasteiger partial charge in [-0.1, -0.05) is 42.5 Å². The van der Waals surface area contributed by atoms with E-state index in [0.29, 0.717) is 12.5 Å². The fraction of sp³-hybridized carbons (Fsp3) is 0.435. The van der Waals surface area contributed by atoms with Gasteiger partial charge in [0.15, 0.2) is 0 Å². The highest BCUT2D eigenvalue weighted by Crippen LogP contribution is 2.42. The summed E-state index contributed by atoms with van der Waals surface area (Å²) in [6, 6.07) is 17.7. The Morgan fingerprint density at radius 3 is 2.68 bits per heavy atom. The predicted molar refractivity (Wildman–Crippen MR) is 118 cm³/mol. The van der Waals surface area contributed by atoms with Crippen molar-refractivity contribution in [1.29, 1.82) is 0 Å². The predicted octanol–water partition coefficient (Wildman–Crippen LogP) is 5.42. The van der Waals surface area contributed by atoms with Crippen LogP contribution in [0.2, 0.25) is 0 Å². The number of carbonyl (C=O) groups is 1. The lowest BCUT2D eigenvalue weighted by molar-refractivity contribution is -0.143. The van der Waals surface area contributed by atoms with Crippen molar-refractivity contribution in [3.8, 4) is 0 Å². The summed E-state index contributed by atoms with van der Waals surface area (Å²) in [5.74, 6) is 0.654. The number of benzene rings is 2. The number of aliphatic carboxylic acids is 1. The Hall–Kier alpha value is -1.49. The Kier molecular flexibility index (Phi) is 7.44. The molecule has 0 spiro atoms. The molecule has 1 fully saturated rings. The van der Waals surface area contributed by atoms with Crippen LogP contribution in [0.25, 0.3) is 0 Å². The van der Waals surface area contributed by atoms with Crippen LogP contribution in [0, 0.1) is 5.92 Å². The number of carboxylic acids is 1. The first kappa shape index (κ1) is 21.2. The van der Waals surface area contributed by atoms with E-state index in [0.717, 1.165) is 44.5 Å². The van der Waals surface area contributed by atoms with E-state index in [1.54, 1.807) is 0 Å². The highest BCUT2D eigenvalue weighted by molar-refractivity contribution is 7.98. The number of fused-ring (bicyclic) bond motifs is 2. The van der Waals surface area contributed by atoms with Crippen molar-refractivity contribution in [3.05, 3.63) is 65.2 Å². The minimum atomic E-state index is -0.636. The van der Waals surface area contributed by atoms with E-state index in [1.165, 1.54) is 21.6 Å². The first-order valence-corrected chi connectivity index (χ1v) is 11.0. The van der Waals surface area contributed by atoms with Gasteiger partial charge in [0, 0.05) is 23.1 Å². The summed E-state index contributed by atoms with van der Waals surface area (Å²) in [7, 11) is 0. The minimum Gasteiger partial charge on any atom is -0.481 e. The first-order valence-electron chi connectivity index (χ1n) is 9.97. The number of hydrogen-bond acceptors (Lipinski definition) is 3. The Morgan fingerprint density at radius 1 is 1.11 bits per heavy atom. The first-order chi connectivity index (χ1) is 13.2. The summed E-state index contributed by atoms with van der Waals surface area (Å²) >= 11 is 1.95. The molecule has 2 aliphatic rings. The molecule has 1 unspecified atom stereocenters. The van der Waals surface area contributed by atoms with E-state index in [4.69, 9.17) is 0 Å². The highest BCUT2D eigenvalue weighted by atomic mass is 35.5. The molecule has 2 aromatic carbocycles. The number of likely N-dealkylation sites (tertiary alicyclic amines) is 1. The van der Waals surface area contributed by atoms with E-state index in [1.807, 2.05) is 11.8 Å². The van der Waals surface area contributed by atoms with Crippen LogP contribution in [0.5, 0.6) is 0 Å². The maximum Gasteiger partial charge on any atom is 0.307 e. The molecule has 2 aromatic rings. The summed E-state index contributed by atoms with van der Waals surface area (Å²) < 4.78 is 0. The van der Waals surface area contributed by atoms with Gasteiger partial charge in [0.2, 0.25) is 0 Å². The number of halogens is 1. The number of hydrogen-bond donors (Lipinski definition) is 1. The molecule has 2 heterocycles. The van der Waals surface area contributed by atoms with Gasteiger partial charge in [0.05, 0.1) is 5.92 Å². The highest BCUT2D eigenvalue weighted by Gasteiger charge is 2.26. The molecule has 2 atom stereocenters. The van der Waals surface area contributed by atoms with Gasteiger partial charge in [-0.05, 0) is 61.5 Å². The fourth-order valence-electron chi connectivity index (χ4n) is 4.52. The smallest absolute Gasteiger partial charge is 0.307 e. The van der Waals surface area contributed by atoms with Gasteiger partial charge in [-0.15, -0.1) is 24.2 Å². The van der Waals surface area contributed by atoms with Crippen molar-refractivity contribution in [1.82, 2.24) is 4.90 Å². The average molecular weight is 418 g/mol. The molecule has 0 amide bonds. The zero-order chi connectivity index (χ0) is 18.6. The number of rotatable bonds is 5. The second-order valence-electron chi connectivity index (χ2n) is 7.70. The third-order valence-electron chi connectivity index (χ3n) is 5.93. The summed E-state index contributed by atoms with van der Waals surface area (Å²) in [6.07, 6.45) is 4.04. The quantitative estimate of drug-likeness (QED) is 0.704. The summed E-state index contributed by atoms with van der Waals surface area (Å²) in [6.45, 7) is 2.75. The Balaban J connectivity index is 0.00000225. The molecule has 0 bridgehead atoms. The monoisotopic (exact) mass is 417 g/mol. The molecule has 2 aliphatic heterocycles. The maximum absolute atomic E-state index is 11.3. The van der Waals surface area contributed by atoms with Crippen LogP contribution in [0.3, 0.4) is 0 Å². The van der Waals surface area contributed by atoms with E-state index < -0.39 is 5.97 Å². The molecule has 0 aromatic heterocycles. The average Bonchev–Trinajstić information content (AvgIpc) is 2.86. The number of piperidine rings is 1. The van der Waals surface area contributed by atoms with Gasteiger partial charge in [0.25, 0.3) is 0 Å². The lowest BCUT2D eigenvalue weighted by Crippen LogP contribution is -2.39. The molecule has 1 N–H and O–H groups in total. The summed E-state index contributed by atoms with van der Waals surface area (Å²) in [5.41, 5.74) is 4.37. The van der Waals surface area contributed by atoms with E-state index in [2.05, 4.69) is 53.4 Å². The SMILES string of the molecule is Cl.O=C(O)[C@@H]1CCCN(CCCC2c3ccccc3CSc3ccccc32)C1. The van der Waals surface area contributed by atoms with Crippen LogP contribution in [0.15, 0.2) is 53.4 Å². The molecule has 3 nitrogen and oxygen atoms in total. The Labute approximate surface area is 177 Å². The second kappa shape index (κ2) is 9.82. The molecule has 0 saturated carbocycles. The van der Waals surface area contributed by atoms with Crippen LogP contribution in [-0.4, -0.2) is 35.6 Å². The van der Waals surface area contributed by atoms with Gasteiger partial charge in [-0.3, -0.25) is 4.79 Å². The third-order valence-corrected chi connectivity index (χ3v) is 7.07. The van der Waals surface area contributed by atoms with Gasteiger partial charge in [-0.2, -0.15) is 0 Å². The number of thioether (sulfide) groups is 1. The molecule has 28 heavy (non-hydrogen) atoms.